The van der Waals surface area contributed by atoms with Crippen LogP contribution in [0.2, 0.25) is 0 Å². The molecule has 0 saturated heterocycles. The van der Waals surface area contributed by atoms with Crippen molar-refractivity contribution in [1.82, 2.24) is 0 Å². The predicted octanol–water partition coefficient (Wildman–Crippen LogP) is 11.0. The standard InChI is InChI=1S/C44H27N/c45-28-29-22-23-30-24-25-31(27-32(30)26-29)41-37-17-7-8-18-38(37)43-42-36(19-11-20-39(41)42)35-16-9-10-21-40(35)44(43,33-12-3-1-4-13-33)34-14-5-2-6-15-34/h1-27H. The molecule has 0 spiro atoms. The third-order valence-corrected chi connectivity index (χ3v) is 9.72. The predicted molar refractivity (Wildman–Crippen MR) is 186 cm³/mol. The molecule has 0 fully saturated rings. The van der Waals surface area contributed by atoms with Crippen molar-refractivity contribution < 1.29 is 0 Å². The topological polar surface area (TPSA) is 23.8 Å². The molecule has 0 atom stereocenters. The second-order valence-corrected chi connectivity index (χ2v) is 11.9. The molecule has 1 heteroatoms. The van der Waals surface area contributed by atoms with Crippen molar-refractivity contribution in [2.24, 2.45) is 0 Å². The Balaban J connectivity index is 1.52. The Morgan fingerprint density at radius 1 is 0.467 bits per heavy atom. The minimum atomic E-state index is -0.533. The highest BCUT2D eigenvalue weighted by molar-refractivity contribution is 6.21. The first-order chi connectivity index (χ1) is 22.3. The van der Waals surface area contributed by atoms with Gasteiger partial charge in [-0.3, -0.25) is 0 Å². The summed E-state index contributed by atoms with van der Waals surface area (Å²) >= 11 is 0. The lowest BCUT2D eigenvalue weighted by atomic mass is 9.58. The lowest BCUT2D eigenvalue weighted by molar-refractivity contribution is 0.757. The van der Waals surface area contributed by atoms with Crippen molar-refractivity contribution in [3.63, 3.8) is 0 Å². The summed E-state index contributed by atoms with van der Waals surface area (Å²) in [6.07, 6.45) is 0. The maximum Gasteiger partial charge on any atom is 0.0991 e. The smallest absolute Gasteiger partial charge is 0.0991 e. The fraction of sp³-hybridized carbons (Fsp3) is 0.0227. The van der Waals surface area contributed by atoms with E-state index in [2.05, 4.69) is 152 Å². The summed E-state index contributed by atoms with van der Waals surface area (Å²) in [6, 6.07) is 61.7. The number of nitriles is 1. The molecule has 1 aliphatic rings. The van der Waals surface area contributed by atoms with Gasteiger partial charge in [0.15, 0.2) is 0 Å². The molecular weight excluding hydrogens is 542 g/mol. The van der Waals surface area contributed by atoms with Gasteiger partial charge in [-0.2, -0.15) is 5.26 Å². The molecular formula is C44H27N. The van der Waals surface area contributed by atoms with Gasteiger partial charge in [0.05, 0.1) is 17.0 Å². The molecule has 0 amide bonds. The average Bonchev–Trinajstić information content (AvgIpc) is 3.12. The van der Waals surface area contributed by atoms with Gasteiger partial charge in [0, 0.05) is 0 Å². The van der Waals surface area contributed by atoms with Crippen molar-refractivity contribution in [3.8, 4) is 28.3 Å². The molecule has 0 bridgehead atoms. The van der Waals surface area contributed by atoms with Gasteiger partial charge in [-0.1, -0.05) is 146 Å². The lowest BCUT2D eigenvalue weighted by Gasteiger charge is -2.43. The van der Waals surface area contributed by atoms with Crippen molar-refractivity contribution in [2.75, 3.05) is 0 Å². The number of hydrogen-bond acceptors (Lipinski definition) is 1. The van der Waals surface area contributed by atoms with Crippen LogP contribution in [0.15, 0.2) is 164 Å². The summed E-state index contributed by atoms with van der Waals surface area (Å²) in [4.78, 5) is 0. The number of nitrogens with zero attached hydrogens (tertiary/aromatic N) is 1. The van der Waals surface area contributed by atoms with Crippen molar-refractivity contribution in [1.29, 1.82) is 5.26 Å². The molecule has 8 aromatic rings. The third-order valence-electron chi connectivity index (χ3n) is 9.72. The van der Waals surface area contributed by atoms with Gasteiger partial charge in [-0.15, -0.1) is 0 Å². The van der Waals surface area contributed by atoms with E-state index in [0.717, 1.165) is 16.3 Å². The highest BCUT2D eigenvalue weighted by atomic mass is 14.5. The van der Waals surface area contributed by atoms with Gasteiger partial charge in [0.25, 0.3) is 0 Å². The summed E-state index contributed by atoms with van der Waals surface area (Å²) in [5.74, 6) is 0. The van der Waals surface area contributed by atoms with Crippen LogP contribution < -0.4 is 0 Å². The van der Waals surface area contributed by atoms with Crippen LogP contribution in [-0.2, 0) is 5.41 Å². The Morgan fingerprint density at radius 3 is 1.84 bits per heavy atom. The average molecular weight is 570 g/mol. The van der Waals surface area contributed by atoms with E-state index in [1.54, 1.807) is 0 Å². The van der Waals surface area contributed by atoms with Crippen LogP contribution in [0.1, 0.15) is 27.8 Å². The maximum atomic E-state index is 9.63. The summed E-state index contributed by atoms with van der Waals surface area (Å²) in [7, 11) is 0. The van der Waals surface area contributed by atoms with Crippen molar-refractivity contribution >= 4 is 32.3 Å². The normalized spacial score (nSPS) is 13.0. The molecule has 0 unspecified atom stereocenters. The molecule has 8 aromatic carbocycles. The van der Waals surface area contributed by atoms with Crippen molar-refractivity contribution in [2.45, 2.75) is 5.41 Å². The second-order valence-electron chi connectivity index (χ2n) is 11.9. The Labute approximate surface area is 262 Å². The minimum Gasteiger partial charge on any atom is -0.192 e. The van der Waals surface area contributed by atoms with Crippen LogP contribution >= 0.6 is 0 Å². The summed E-state index contributed by atoms with van der Waals surface area (Å²) in [5, 5.41) is 16.8. The summed E-state index contributed by atoms with van der Waals surface area (Å²) in [6.45, 7) is 0. The van der Waals surface area contributed by atoms with E-state index >= 15 is 0 Å². The lowest BCUT2D eigenvalue weighted by Crippen LogP contribution is -2.34. The second kappa shape index (κ2) is 9.78. The van der Waals surface area contributed by atoms with E-state index in [1.807, 2.05) is 18.2 Å². The highest BCUT2D eigenvalue weighted by Crippen LogP contribution is 2.58. The first-order valence-electron chi connectivity index (χ1n) is 15.4. The minimum absolute atomic E-state index is 0.533. The van der Waals surface area contributed by atoms with Crippen LogP contribution in [0.25, 0.3) is 54.6 Å². The zero-order valence-electron chi connectivity index (χ0n) is 24.5. The molecule has 0 aliphatic heterocycles. The van der Waals surface area contributed by atoms with Gasteiger partial charge < -0.3 is 0 Å². The van der Waals surface area contributed by atoms with Gasteiger partial charge >= 0.3 is 0 Å². The van der Waals surface area contributed by atoms with Crippen LogP contribution in [0, 0.1) is 11.3 Å². The van der Waals surface area contributed by atoms with Gasteiger partial charge in [-0.25, -0.2) is 0 Å². The fourth-order valence-corrected chi connectivity index (χ4v) is 7.95. The maximum absolute atomic E-state index is 9.63. The fourth-order valence-electron chi connectivity index (χ4n) is 7.95. The van der Waals surface area contributed by atoms with Crippen LogP contribution in [-0.4, -0.2) is 0 Å². The molecule has 208 valence electrons. The number of hydrogen-bond donors (Lipinski definition) is 0. The van der Waals surface area contributed by atoms with Crippen LogP contribution in [0.3, 0.4) is 0 Å². The molecule has 9 rings (SSSR count). The first kappa shape index (κ1) is 25.5. The van der Waals surface area contributed by atoms with Crippen LogP contribution in [0.5, 0.6) is 0 Å². The monoisotopic (exact) mass is 569 g/mol. The van der Waals surface area contributed by atoms with E-state index in [9.17, 15) is 5.26 Å². The summed E-state index contributed by atoms with van der Waals surface area (Å²) in [5.41, 5.74) is 10.2. The van der Waals surface area contributed by atoms with Crippen LogP contribution in [0.4, 0.5) is 0 Å². The SMILES string of the molecule is N#Cc1ccc2ccc(-c3c4ccccc4c4c5c(cccc35)-c3ccccc3C4(c3ccccc3)c3ccccc3)cc2c1. The zero-order valence-corrected chi connectivity index (χ0v) is 24.5. The van der Waals surface area contributed by atoms with E-state index in [4.69, 9.17) is 0 Å². The zero-order chi connectivity index (χ0) is 30.0. The van der Waals surface area contributed by atoms with E-state index < -0.39 is 5.41 Å². The number of benzene rings is 8. The number of fused-ring (bicyclic) bond motifs is 5. The van der Waals surface area contributed by atoms with Crippen molar-refractivity contribution in [3.05, 3.63) is 192 Å². The highest BCUT2D eigenvalue weighted by Gasteiger charge is 2.45. The number of rotatable bonds is 3. The quantitative estimate of drug-likeness (QED) is 0.194. The molecule has 0 aromatic heterocycles. The van der Waals surface area contributed by atoms with E-state index in [0.29, 0.717) is 5.56 Å². The Morgan fingerprint density at radius 2 is 1.09 bits per heavy atom. The van der Waals surface area contributed by atoms with E-state index in [1.165, 1.54) is 60.5 Å². The van der Waals surface area contributed by atoms with Gasteiger partial charge in [-0.05, 0) is 95.0 Å². The molecule has 0 N–H and O–H groups in total. The molecule has 1 nitrogen and oxygen atoms in total. The third kappa shape index (κ3) is 3.54. The van der Waals surface area contributed by atoms with Gasteiger partial charge in [0.2, 0.25) is 0 Å². The molecule has 0 heterocycles. The molecule has 1 aliphatic carbocycles. The molecule has 0 saturated carbocycles. The summed E-state index contributed by atoms with van der Waals surface area (Å²) < 4.78 is 0. The van der Waals surface area contributed by atoms with Gasteiger partial charge in [0.1, 0.15) is 0 Å². The Bertz CT molecular complexity index is 2440. The Kier molecular flexibility index (Phi) is 5.55. The largest absolute Gasteiger partial charge is 0.192 e. The Hall–Kier alpha value is -5.97. The first-order valence-corrected chi connectivity index (χ1v) is 15.4. The van der Waals surface area contributed by atoms with E-state index in [-0.39, 0.29) is 0 Å². The molecule has 45 heavy (non-hydrogen) atoms. The molecule has 0 radical (unpaired) electrons.